The van der Waals surface area contributed by atoms with Crippen LogP contribution in [0.3, 0.4) is 0 Å². The fourth-order valence-electron chi connectivity index (χ4n) is 2.34. The molecule has 3 aliphatic rings. The molecule has 0 aromatic heterocycles. The highest BCUT2D eigenvalue weighted by Gasteiger charge is 2.41. The van der Waals surface area contributed by atoms with Crippen molar-refractivity contribution >= 4 is 0 Å². The van der Waals surface area contributed by atoms with Gasteiger partial charge in [0.2, 0.25) is 0 Å². The monoisotopic (exact) mass is 164 g/mol. The molecular weight excluding hydrogens is 148 g/mol. The minimum atomic E-state index is -0.0578. The van der Waals surface area contributed by atoms with Crippen LogP contribution in [0, 0.1) is 5.41 Å². The average Bonchev–Trinajstić information content (AvgIpc) is 2.05. The lowest BCUT2D eigenvalue weighted by atomic mass is 9.66. The van der Waals surface area contributed by atoms with Crippen LogP contribution in [0.5, 0.6) is 0 Å². The Morgan fingerprint density at radius 2 is 2.08 bits per heavy atom. The molecule has 1 heteroatoms. The van der Waals surface area contributed by atoms with E-state index in [9.17, 15) is 0 Å². The van der Waals surface area contributed by atoms with E-state index < -0.39 is 0 Å². The lowest BCUT2D eigenvalue weighted by molar-refractivity contribution is 0.0328. The molecule has 3 rings (SSSR count). The summed E-state index contributed by atoms with van der Waals surface area (Å²) in [5.74, 6) is 0. The fourth-order valence-corrected chi connectivity index (χ4v) is 2.34. The van der Waals surface area contributed by atoms with E-state index in [-0.39, 0.29) is 5.60 Å². The lowest BCUT2D eigenvalue weighted by Gasteiger charge is -2.44. The smallest absolute Gasteiger partial charge is 0.107 e. The topological polar surface area (TPSA) is 9.23 Å². The average molecular weight is 164 g/mol. The highest BCUT2D eigenvalue weighted by Crippen LogP contribution is 2.47. The van der Waals surface area contributed by atoms with E-state index in [0.29, 0.717) is 5.41 Å². The molecule has 0 aromatic rings. The van der Waals surface area contributed by atoms with E-state index in [1.165, 1.54) is 12.0 Å². The van der Waals surface area contributed by atoms with Crippen LogP contribution in [0.15, 0.2) is 23.8 Å². The Morgan fingerprint density at radius 3 is 2.50 bits per heavy atom. The van der Waals surface area contributed by atoms with Crippen molar-refractivity contribution in [2.75, 3.05) is 7.11 Å². The van der Waals surface area contributed by atoms with Crippen LogP contribution in [0.1, 0.15) is 26.7 Å². The van der Waals surface area contributed by atoms with Gasteiger partial charge in [0.15, 0.2) is 0 Å². The molecule has 66 valence electrons. The van der Waals surface area contributed by atoms with Crippen molar-refractivity contribution in [3.63, 3.8) is 0 Å². The molecule has 2 unspecified atom stereocenters. The second-order valence-electron chi connectivity index (χ2n) is 4.26. The van der Waals surface area contributed by atoms with Gasteiger partial charge in [0, 0.05) is 12.5 Å². The predicted octanol–water partition coefficient (Wildman–Crippen LogP) is 2.69. The first-order valence-corrected chi connectivity index (χ1v) is 4.56. The van der Waals surface area contributed by atoms with Gasteiger partial charge in [-0.05, 0) is 25.3 Å². The van der Waals surface area contributed by atoms with E-state index in [4.69, 9.17) is 4.74 Å². The molecule has 0 aromatic carbocycles. The van der Waals surface area contributed by atoms with E-state index >= 15 is 0 Å². The van der Waals surface area contributed by atoms with Crippen LogP contribution in [-0.4, -0.2) is 12.7 Å². The second kappa shape index (κ2) is 2.23. The van der Waals surface area contributed by atoms with Crippen molar-refractivity contribution in [1.82, 2.24) is 0 Å². The summed E-state index contributed by atoms with van der Waals surface area (Å²) in [4.78, 5) is 0. The van der Waals surface area contributed by atoms with E-state index in [1.54, 1.807) is 7.11 Å². The van der Waals surface area contributed by atoms with Gasteiger partial charge in [0.1, 0.15) is 5.60 Å². The van der Waals surface area contributed by atoms with Gasteiger partial charge in [-0.2, -0.15) is 0 Å². The third-order valence-corrected chi connectivity index (χ3v) is 3.35. The zero-order chi connectivity index (χ0) is 8.82. The number of ether oxygens (including phenoxy) is 1. The molecule has 0 fully saturated rings. The van der Waals surface area contributed by atoms with Crippen LogP contribution in [0.2, 0.25) is 0 Å². The molecule has 0 saturated carbocycles. The SMILES string of the molecule is COC12C=CC(C)(C=C1C)CC2. The summed E-state index contributed by atoms with van der Waals surface area (Å²) in [6, 6.07) is 0. The van der Waals surface area contributed by atoms with Crippen LogP contribution in [0.25, 0.3) is 0 Å². The molecule has 2 bridgehead atoms. The number of fused-ring (bicyclic) bond motifs is 1. The summed E-state index contributed by atoms with van der Waals surface area (Å²) in [6.07, 6.45) is 9.21. The van der Waals surface area contributed by atoms with Gasteiger partial charge in [0.25, 0.3) is 0 Å². The zero-order valence-electron chi connectivity index (χ0n) is 8.05. The first-order chi connectivity index (χ1) is 5.60. The predicted molar refractivity (Wildman–Crippen MR) is 50.0 cm³/mol. The molecule has 3 aliphatic carbocycles. The molecule has 0 radical (unpaired) electrons. The summed E-state index contributed by atoms with van der Waals surface area (Å²) in [5, 5.41) is 0. The zero-order valence-corrected chi connectivity index (χ0v) is 8.05. The first-order valence-electron chi connectivity index (χ1n) is 4.56. The summed E-state index contributed by atoms with van der Waals surface area (Å²) >= 11 is 0. The van der Waals surface area contributed by atoms with Gasteiger partial charge in [-0.15, -0.1) is 0 Å². The summed E-state index contributed by atoms with van der Waals surface area (Å²) < 4.78 is 5.57. The summed E-state index contributed by atoms with van der Waals surface area (Å²) in [7, 11) is 1.80. The van der Waals surface area contributed by atoms with Gasteiger partial charge >= 0.3 is 0 Å². The maximum Gasteiger partial charge on any atom is 0.107 e. The van der Waals surface area contributed by atoms with Gasteiger partial charge in [-0.3, -0.25) is 0 Å². The first kappa shape index (κ1) is 8.06. The Morgan fingerprint density at radius 1 is 1.33 bits per heavy atom. The molecule has 0 amide bonds. The Bertz CT molecular complexity index is 264. The molecule has 0 N–H and O–H groups in total. The molecule has 0 aliphatic heterocycles. The number of hydrogen-bond donors (Lipinski definition) is 0. The number of hydrogen-bond acceptors (Lipinski definition) is 1. The van der Waals surface area contributed by atoms with Crippen LogP contribution < -0.4 is 0 Å². The van der Waals surface area contributed by atoms with Crippen molar-refractivity contribution in [2.45, 2.75) is 32.3 Å². The molecular formula is C11H16O. The number of methoxy groups -OCH3 is 1. The Labute approximate surface area is 74.1 Å². The highest BCUT2D eigenvalue weighted by atomic mass is 16.5. The van der Waals surface area contributed by atoms with Gasteiger partial charge < -0.3 is 4.74 Å². The Hall–Kier alpha value is -0.560. The number of allylic oxidation sites excluding steroid dienone is 2. The van der Waals surface area contributed by atoms with Crippen LogP contribution >= 0.6 is 0 Å². The third kappa shape index (κ3) is 0.893. The quantitative estimate of drug-likeness (QED) is 0.541. The normalized spacial score (nSPS) is 44.8. The molecule has 2 atom stereocenters. The third-order valence-electron chi connectivity index (χ3n) is 3.35. The fraction of sp³-hybridized carbons (Fsp3) is 0.636. The maximum atomic E-state index is 5.57. The van der Waals surface area contributed by atoms with Crippen LogP contribution in [0.4, 0.5) is 0 Å². The number of rotatable bonds is 1. The minimum absolute atomic E-state index is 0.0578. The Kier molecular flexibility index (Phi) is 1.50. The van der Waals surface area contributed by atoms with Crippen molar-refractivity contribution in [3.8, 4) is 0 Å². The van der Waals surface area contributed by atoms with E-state index in [1.807, 2.05) is 0 Å². The van der Waals surface area contributed by atoms with Gasteiger partial charge in [-0.1, -0.05) is 25.2 Å². The molecule has 0 saturated heterocycles. The van der Waals surface area contributed by atoms with Crippen molar-refractivity contribution in [2.24, 2.45) is 5.41 Å². The lowest BCUT2D eigenvalue weighted by Crippen LogP contribution is -2.40. The molecule has 12 heavy (non-hydrogen) atoms. The summed E-state index contributed by atoms with van der Waals surface area (Å²) in [5.41, 5.74) is 1.63. The van der Waals surface area contributed by atoms with E-state index in [0.717, 1.165) is 6.42 Å². The van der Waals surface area contributed by atoms with Gasteiger partial charge in [0.05, 0.1) is 0 Å². The highest BCUT2D eigenvalue weighted by molar-refractivity contribution is 5.37. The standard InChI is InChI=1S/C11H16O/c1-9-8-10(2)4-6-11(9,12-3)7-5-10/h4,6,8H,5,7H2,1-3H3. The molecule has 1 nitrogen and oxygen atoms in total. The van der Waals surface area contributed by atoms with Crippen molar-refractivity contribution < 1.29 is 4.74 Å². The van der Waals surface area contributed by atoms with Crippen molar-refractivity contribution in [1.29, 1.82) is 0 Å². The molecule has 0 spiro atoms. The van der Waals surface area contributed by atoms with Crippen LogP contribution in [-0.2, 0) is 4.74 Å². The van der Waals surface area contributed by atoms with E-state index in [2.05, 4.69) is 32.1 Å². The van der Waals surface area contributed by atoms with Gasteiger partial charge in [-0.25, -0.2) is 0 Å². The van der Waals surface area contributed by atoms with Crippen molar-refractivity contribution in [3.05, 3.63) is 23.8 Å². The maximum absolute atomic E-state index is 5.57. The Balaban J connectivity index is 2.44. The second-order valence-corrected chi connectivity index (χ2v) is 4.26. The largest absolute Gasteiger partial charge is 0.370 e. The molecule has 0 heterocycles. The summed E-state index contributed by atoms with van der Waals surface area (Å²) in [6.45, 7) is 4.45. The minimum Gasteiger partial charge on any atom is -0.370 e.